The third-order valence-electron chi connectivity index (χ3n) is 7.92. The fraction of sp³-hybridized carbons (Fsp3) is 0.414. The van der Waals surface area contributed by atoms with Gasteiger partial charge in [0, 0.05) is 24.1 Å². The lowest BCUT2D eigenvalue weighted by Gasteiger charge is -2.29. The van der Waals surface area contributed by atoms with Gasteiger partial charge in [0.05, 0.1) is 36.8 Å². The number of fused-ring (bicyclic) bond motifs is 2. The molecule has 208 valence electrons. The molecule has 2 aromatic carbocycles. The topological polar surface area (TPSA) is 137 Å². The summed E-state index contributed by atoms with van der Waals surface area (Å²) in [5, 5.41) is 5.36. The Kier molecular flexibility index (Phi) is 7.21. The first-order valence-corrected chi connectivity index (χ1v) is 13.8. The van der Waals surface area contributed by atoms with E-state index in [0.717, 1.165) is 54.8 Å². The number of rotatable bonds is 9. The Morgan fingerprint density at radius 1 is 1.10 bits per heavy atom. The molecule has 0 saturated carbocycles. The van der Waals surface area contributed by atoms with Crippen LogP contribution in [0, 0.1) is 0 Å². The molecular weight excluding hydrogens is 512 g/mol. The number of para-hydroxylation sites is 2. The molecule has 2 fully saturated rings. The SMILES string of the molecule is O=C1CCC(N2Cc3c(OCCCN4CCCC4C(=O)NCc4nc5ccccc5[nH]4)cccc3C2=O)C(=O)N1. The maximum atomic E-state index is 13.0. The minimum atomic E-state index is -0.657. The third-order valence-corrected chi connectivity index (χ3v) is 7.92. The number of amides is 4. The van der Waals surface area contributed by atoms with Crippen LogP contribution in [0.5, 0.6) is 5.75 Å². The molecule has 0 aliphatic carbocycles. The van der Waals surface area contributed by atoms with Crippen molar-refractivity contribution in [1.29, 1.82) is 0 Å². The lowest BCUT2D eigenvalue weighted by molar-refractivity contribution is -0.137. The van der Waals surface area contributed by atoms with Crippen LogP contribution in [0.1, 0.15) is 53.8 Å². The normalized spacial score (nSPS) is 21.1. The van der Waals surface area contributed by atoms with Crippen molar-refractivity contribution in [3.63, 3.8) is 0 Å². The summed E-state index contributed by atoms with van der Waals surface area (Å²) >= 11 is 0. The third kappa shape index (κ3) is 5.16. The zero-order valence-corrected chi connectivity index (χ0v) is 22.2. The lowest BCUT2D eigenvalue weighted by atomic mass is 10.0. The summed E-state index contributed by atoms with van der Waals surface area (Å²) in [4.78, 5) is 61.3. The van der Waals surface area contributed by atoms with Crippen LogP contribution in [0.25, 0.3) is 11.0 Å². The first-order chi connectivity index (χ1) is 19.5. The van der Waals surface area contributed by atoms with Crippen molar-refractivity contribution in [3.05, 3.63) is 59.4 Å². The molecule has 3 aromatic rings. The molecule has 4 heterocycles. The fourth-order valence-corrected chi connectivity index (χ4v) is 5.91. The number of imidazole rings is 1. The van der Waals surface area contributed by atoms with Gasteiger partial charge in [-0.2, -0.15) is 0 Å². The van der Waals surface area contributed by atoms with Crippen LogP contribution >= 0.6 is 0 Å². The Morgan fingerprint density at radius 2 is 1.98 bits per heavy atom. The molecular formula is C29H32N6O5. The number of aromatic nitrogens is 2. The number of benzene rings is 2. The van der Waals surface area contributed by atoms with E-state index in [9.17, 15) is 19.2 Å². The summed E-state index contributed by atoms with van der Waals surface area (Å²) in [7, 11) is 0. The number of aromatic amines is 1. The van der Waals surface area contributed by atoms with Gasteiger partial charge in [-0.1, -0.05) is 18.2 Å². The number of nitrogens with zero attached hydrogens (tertiary/aromatic N) is 3. The predicted molar refractivity (Wildman–Crippen MR) is 145 cm³/mol. The van der Waals surface area contributed by atoms with Crippen molar-refractivity contribution < 1.29 is 23.9 Å². The second-order valence-electron chi connectivity index (χ2n) is 10.5. The van der Waals surface area contributed by atoms with Gasteiger partial charge in [0.25, 0.3) is 5.91 Å². The van der Waals surface area contributed by atoms with Gasteiger partial charge in [0.15, 0.2) is 0 Å². The molecule has 3 N–H and O–H groups in total. The van der Waals surface area contributed by atoms with Gasteiger partial charge < -0.3 is 19.9 Å². The molecule has 2 atom stereocenters. The van der Waals surface area contributed by atoms with Gasteiger partial charge in [0.2, 0.25) is 17.7 Å². The molecule has 40 heavy (non-hydrogen) atoms. The molecule has 0 bridgehead atoms. The molecule has 2 unspecified atom stereocenters. The average Bonchev–Trinajstić information content (AvgIpc) is 3.67. The Hall–Kier alpha value is -4.25. The summed E-state index contributed by atoms with van der Waals surface area (Å²) in [6, 6.07) is 12.3. The van der Waals surface area contributed by atoms with Gasteiger partial charge in [-0.25, -0.2) is 4.98 Å². The number of piperidine rings is 1. The van der Waals surface area contributed by atoms with E-state index in [2.05, 4.69) is 25.5 Å². The van der Waals surface area contributed by atoms with Crippen LogP contribution in [0.2, 0.25) is 0 Å². The van der Waals surface area contributed by atoms with Crippen molar-refractivity contribution in [2.45, 2.75) is 57.3 Å². The van der Waals surface area contributed by atoms with Crippen molar-refractivity contribution in [1.82, 2.24) is 30.4 Å². The van der Waals surface area contributed by atoms with E-state index in [4.69, 9.17) is 4.74 Å². The molecule has 11 heteroatoms. The van der Waals surface area contributed by atoms with Crippen LogP contribution < -0.4 is 15.4 Å². The standard InChI is InChI=1S/C29H32N6O5/c36-26-12-11-23(28(38)33-26)35-17-19-18(29(35)39)6-3-10-24(19)40-15-5-14-34-13-4-9-22(34)27(37)30-16-25-31-20-7-1-2-8-21(20)32-25/h1-3,6-8,10,22-23H,4-5,9,11-17H2,(H,30,37)(H,31,32)(H,33,36,38). The molecule has 0 spiro atoms. The van der Waals surface area contributed by atoms with E-state index in [-0.39, 0.29) is 36.7 Å². The second-order valence-corrected chi connectivity index (χ2v) is 10.5. The Balaban J connectivity index is 0.998. The highest BCUT2D eigenvalue weighted by Crippen LogP contribution is 2.33. The summed E-state index contributed by atoms with van der Waals surface area (Å²) in [5.41, 5.74) is 3.13. The highest BCUT2D eigenvalue weighted by atomic mass is 16.5. The number of likely N-dealkylation sites (tertiary alicyclic amines) is 1. The Bertz CT molecular complexity index is 1440. The predicted octanol–water partition coefficient (Wildman–Crippen LogP) is 1.87. The van der Waals surface area contributed by atoms with Gasteiger partial charge >= 0.3 is 0 Å². The number of nitrogens with one attached hydrogen (secondary N) is 3. The largest absolute Gasteiger partial charge is 0.493 e. The molecule has 1 aromatic heterocycles. The van der Waals surface area contributed by atoms with E-state index in [0.29, 0.717) is 30.9 Å². The molecule has 3 aliphatic rings. The summed E-state index contributed by atoms with van der Waals surface area (Å²) in [6.07, 6.45) is 3.05. The summed E-state index contributed by atoms with van der Waals surface area (Å²) < 4.78 is 6.09. The Morgan fingerprint density at radius 3 is 2.83 bits per heavy atom. The molecule has 4 amide bonds. The van der Waals surface area contributed by atoms with E-state index < -0.39 is 11.9 Å². The first kappa shape index (κ1) is 26.0. The number of H-pyrrole nitrogens is 1. The van der Waals surface area contributed by atoms with E-state index in [1.807, 2.05) is 30.3 Å². The smallest absolute Gasteiger partial charge is 0.255 e. The summed E-state index contributed by atoms with van der Waals surface area (Å²) in [5.74, 6) is 0.412. The number of carbonyl (C=O) groups is 4. The lowest BCUT2D eigenvalue weighted by Crippen LogP contribution is -2.52. The molecule has 6 rings (SSSR count). The highest BCUT2D eigenvalue weighted by Gasteiger charge is 2.40. The summed E-state index contributed by atoms with van der Waals surface area (Å²) in [6.45, 7) is 2.65. The monoisotopic (exact) mass is 544 g/mol. The van der Waals surface area contributed by atoms with Crippen LogP contribution in [0.4, 0.5) is 0 Å². The van der Waals surface area contributed by atoms with Gasteiger partial charge in [-0.05, 0) is 56.5 Å². The fourth-order valence-electron chi connectivity index (χ4n) is 5.91. The second kappa shape index (κ2) is 11.1. The number of ether oxygens (including phenoxy) is 1. The zero-order valence-electron chi connectivity index (χ0n) is 22.2. The van der Waals surface area contributed by atoms with E-state index in [1.54, 1.807) is 12.1 Å². The van der Waals surface area contributed by atoms with E-state index in [1.165, 1.54) is 4.90 Å². The molecule has 3 aliphatic heterocycles. The number of hydrogen-bond acceptors (Lipinski definition) is 7. The van der Waals surface area contributed by atoms with Gasteiger partial charge in [0.1, 0.15) is 17.6 Å². The van der Waals surface area contributed by atoms with Gasteiger partial charge in [-0.15, -0.1) is 0 Å². The minimum absolute atomic E-state index is 0.00630. The van der Waals surface area contributed by atoms with Crippen LogP contribution in [-0.4, -0.2) is 75.2 Å². The number of hydrogen-bond donors (Lipinski definition) is 3. The molecule has 2 saturated heterocycles. The van der Waals surface area contributed by atoms with Crippen LogP contribution in [0.3, 0.4) is 0 Å². The maximum absolute atomic E-state index is 13.0. The average molecular weight is 545 g/mol. The zero-order chi connectivity index (χ0) is 27.6. The molecule has 11 nitrogen and oxygen atoms in total. The Labute approximate surface area is 231 Å². The van der Waals surface area contributed by atoms with Crippen molar-refractivity contribution in [3.8, 4) is 5.75 Å². The van der Waals surface area contributed by atoms with Crippen LogP contribution in [-0.2, 0) is 27.5 Å². The molecule has 0 radical (unpaired) electrons. The quantitative estimate of drug-likeness (QED) is 0.276. The first-order valence-electron chi connectivity index (χ1n) is 13.8. The van der Waals surface area contributed by atoms with Gasteiger partial charge in [-0.3, -0.25) is 29.4 Å². The minimum Gasteiger partial charge on any atom is -0.493 e. The highest BCUT2D eigenvalue weighted by molar-refractivity contribution is 6.05. The number of carbonyl (C=O) groups excluding carboxylic acids is 4. The number of imide groups is 1. The van der Waals surface area contributed by atoms with Crippen molar-refractivity contribution in [2.75, 3.05) is 19.7 Å². The van der Waals surface area contributed by atoms with Crippen LogP contribution in [0.15, 0.2) is 42.5 Å². The van der Waals surface area contributed by atoms with Crippen molar-refractivity contribution in [2.24, 2.45) is 0 Å². The van der Waals surface area contributed by atoms with Crippen molar-refractivity contribution >= 4 is 34.7 Å². The maximum Gasteiger partial charge on any atom is 0.255 e. The van der Waals surface area contributed by atoms with E-state index >= 15 is 0 Å².